The summed E-state index contributed by atoms with van der Waals surface area (Å²) in [6.07, 6.45) is 3.85. The van der Waals surface area contributed by atoms with E-state index in [9.17, 15) is 9.18 Å². The van der Waals surface area contributed by atoms with E-state index < -0.39 is 5.79 Å². The summed E-state index contributed by atoms with van der Waals surface area (Å²) in [5.74, 6) is -0.664. The number of ether oxygens (including phenoxy) is 2. The van der Waals surface area contributed by atoms with Crippen LogP contribution < -0.4 is 5.32 Å². The Morgan fingerprint density at radius 1 is 1.43 bits per heavy atom. The molecule has 0 aromatic heterocycles. The number of benzene rings is 1. The van der Waals surface area contributed by atoms with Gasteiger partial charge in [0.2, 0.25) is 5.91 Å². The topological polar surface area (TPSA) is 47.6 Å². The first-order chi connectivity index (χ1) is 11.1. The molecule has 1 aliphatic carbocycles. The lowest BCUT2D eigenvalue weighted by Gasteiger charge is -2.30. The fourth-order valence-electron chi connectivity index (χ4n) is 3.65. The molecule has 1 aromatic rings. The van der Waals surface area contributed by atoms with Crippen molar-refractivity contribution >= 4 is 5.91 Å². The third kappa shape index (κ3) is 3.90. The van der Waals surface area contributed by atoms with Gasteiger partial charge in [0.15, 0.2) is 5.79 Å². The highest BCUT2D eigenvalue weighted by Gasteiger charge is 2.48. The lowest BCUT2D eigenvalue weighted by Crippen LogP contribution is -2.50. The Balaban J connectivity index is 1.51. The van der Waals surface area contributed by atoms with Crippen molar-refractivity contribution in [2.45, 2.75) is 50.9 Å². The Labute approximate surface area is 136 Å². The molecule has 1 aromatic carbocycles. The average molecular weight is 321 g/mol. The molecule has 0 radical (unpaired) electrons. The maximum Gasteiger partial charge on any atom is 0.220 e. The van der Waals surface area contributed by atoms with Gasteiger partial charge in [-0.15, -0.1) is 0 Å². The van der Waals surface area contributed by atoms with Gasteiger partial charge in [-0.1, -0.05) is 19.1 Å². The van der Waals surface area contributed by atoms with Crippen LogP contribution in [0.15, 0.2) is 24.3 Å². The molecular formula is C18H24FNO3. The maximum absolute atomic E-state index is 13.2. The van der Waals surface area contributed by atoms with E-state index in [1.54, 1.807) is 6.07 Å². The van der Waals surface area contributed by atoms with Crippen molar-refractivity contribution in [3.63, 3.8) is 0 Å². The first-order valence-electron chi connectivity index (χ1n) is 8.39. The van der Waals surface area contributed by atoms with Crippen molar-refractivity contribution in [1.82, 2.24) is 5.32 Å². The minimum atomic E-state index is -0.596. The molecule has 1 heterocycles. The normalized spacial score (nSPS) is 24.0. The molecule has 2 atom stereocenters. The summed E-state index contributed by atoms with van der Waals surface area (Å²) in [7, 11) is 0. The lowest BCUT2D eigenvalue weighted by atomic mass is 9.97. The summed E-state index contributed by atoms with van der Waals surface area (Å²) in [6.45, 7) is 3.21. The molecule has 1 saturated carbocycles. The molecule has 126 valence electrons. The third-order valence-corrected chi connectivity index (χ3v) is 4.67. The number of halogens is 1. The monoisotopic (exact) mass is 321 g/mol. The molecule has 5 heteroatoms. The smallest absolute Gasteiger partial charge is 0.220 e. The van der Waals surface area contributed by atoms with Crippen LogP contribution in [0.1, 0.15) is 38.2 Å². The molecule has 2 aliphatic rings. The van der Waals surface area contributed by atoms with Crippen LogP contribution in [-0.4, -0.2) is 30.9 Å². The first-order valence-corrected chi connectivity index (χ1v) is 8.39. The number of amides is 1. The average Bonchev–Trinajstić information content (AvgIpc) is 3.10. The quantitative estimate of drug-likeness (QED) is 0.907. The number of rotatable bonds is 5. The van der Waals surface area contributed by atoms with Gasteiger partial charge < -0.3 is 14.8 Å². The summed E-state index contributed by atoms with van der Waals surface area (Å²) < 4.78 is 24.7. The second kappa shape index (κ2) is 6.97. The summed E-state index contributed by atoms with van der Waals surface area (Å²) in [5.41, 5.74) is 0.921. The molecule has 1 N–H and O–H groups in total. The van der Waals surface area contributed by atoms with E-state index in [0.29, 0.717) is 26.1 Å². The highest BCUT2D eigenvalue weighted by Crippen LogP contribution is 2.37. The van der Waals surface area contributed by atoms with Gasteiger partial charge in [-0.2, -0.15) is 0 Å². The molecule has 1 amide bonds. The summed E-state index contributed by atoms with van der Waals surface area (Å²) >= 11 is 0. The van der Waals surface area contributed by atoms with Gasteiger partial charge in [-0.3, -0.25) is 4.79 Å². The van der Waals surface area contributed by atoms with Gasteiger partial charge in [0.1, 0.15) is 5.82 Å². The molecule has 3 rings (SSSR count). The van der Waals surface area contributed by atoms with Crippen LogP contribution >= 0.6 is 0 Å². The van der Waals surface area contributed by atoms with Gasteiger partial charge >= 0.3 is 0 Å². The summed E-state index contributed by atoms with van der Waals surface area (Å²) in [4.78, 5) is 12.3. The van der Waals surface area contributed by atoms with E-state index >= 15 is 0 Å². The van der Waals surface area contributed by atoms with Gasteiger partial charge in [0.25, 0.3) is 0 Å². The second-order valence-electron chi connectivity index (χ2n) is 6.66. The molecule has 2 unspecified atom stereocenters. The molecular weight excluding hydrogens is 297 g/mol. The lowest BCUT2D eigenvalue weighted by molar-refractivity contribution is -0.169. The van der Waals surface area contributed by atoms with Crippen LogP contribution in [0.25, 0.3) is 0 Å². The highest BCUT2D eigenvalue weighted by atomic mass is 19.1. The maximum atomic E-state index is 13.2. The van der Waals surface area contributed by atoms with Crippen molar-refractivity contribution in [2.24, 2.45) is 5.92 Å². The third-order valence-electron chi connectivity index (χ3n) is 4.67. The van der Waals surface area contributed by atoms with E-state index in [2.05, 4.69) is 5.32 Å². The molecule has 23 heavy (non-hydrogen) atoms. The zero-order valence-electron chi connectivity index (χ0n) is 13.5. The van der Waals surface area contributed by atoms with E-state index in [-0.39, 0.29) is 23.7 Å². The minimum Gasteiger partial charge on any atom is -0.348 e. The van der Waals surface area contributed by atoms with Gasteiger partial charge in [-0.25, -0.2) is 4.39 Å². The number of carbonyl (C=O) groups is 1. The summed E-state index contributed by atoms with van der Waals surface area (Å²) in [5, 5.41) is 3.08. The van der Waals surface area contributed by atoms with Crippen molar-refractivity contribution in [2.75, 3.05) is 13.2 Å². The predicted molar refractivity (Wildman–Crippen MR) is 84.3 cm³/mol. The second-order valence-corrected chi connectivity index (χ2v) is 6.66. The van der Waals surface area contributed by atoms with E-state index in [4.69, 9.17) is 9.47 Å². The zero-order valence-corrected chi connectivity index (χ0v) is 13.5. The van der Waals surface area contributed by atoms with E-state index in [0.717, 1.165) is 24.8 Å². The largest absolute Gasteiger partial charge is 0.348 e. The van der Waals surface area contributed by atoms with Crippen molar-refractivity contribution in [3.05, 3.63) is 35.6 Å². The summed E-state index contributed by atoms with van der Waals surface area (Å²) in [6, 6.07) is 6.50. The molecule has 2 fully saturated rings. The van der Waals surface area contributed by atoms with Gasteiger partial charge in [0, 0.05) is 12.8 Å². The first kappa shape index (κ1) is 16.4. The predicted octanol–water partition coefficient (Wildman–Crippen LogP) is 2.81. The van der Waals surface area contributed by atoms with Crippen molar-refractivity contribution in [3.8, 4) is 0 Å². The van der Waals surface area contributed by atoms with Crippen molar-refractivity contribution < 1.29 is 18.7 Å². The number of nitrogens with one attached hydrogen (secondary N) is 1. The Bertz CT molecular complexity index is 551. The number of hydrogen-bond acceptors (Lipinski definition) is 3. The van der Waals surface area contributed by atoms with Crippen LogP contribution in [0, 0.1) is 11.7 Å². The molecule has 1 saturated heterocycles. The molecule has 1 aliphatic heterocycles. The van der Waals surface area contributed by atoms with Gasteiger partial charge in [0.05, 0.1) is 19.3 Å². The SMILES string of the molecule is CC(CC(=O)NC1CCCC12OCCO2)Cc1cccc(F)c1. The zero-order chi connectivity index (χ0) is 16.3. The molecule has 1 spiro atoms. The Morgan fingerprint density at radius 2 is 2.22 bits per heavy atom. The minimum absolute atomic E-state index is 0.0132. The number of carbonyl (C=O) groups excluding carboxylic acids is 1. The Kier molecular flexibility index (Phi) is 4.97. The number of hydrogen-bond donors (Lipinski definition) is 1. The fourth-order valence-corrected chi connectivity index (χ4v) is 3.65. The molecule has 4 nitrogen and oxygen atoms in total. The van der Waals surface area contributed by atoms with Crippen LogP contribution in [0.4, 0.5) is 4.39 Å². The standard InChI is InChI=1S/C18H24FNO3/c1-13(10-14-4-2-5-15(19)12-14)11-17(21)20-16-6-3-7-18(16)22-8-9-23-18/h2,4-5,12-13,16H,3,6-11H2,1H3,(H,20,21). The van der Waals surface area contributed by atoms with Crippen LogP contribution in [0.5, 0.6) is 0 Å². The molecule has 0 bridgehead atoms. The van der Waals surface area contributed by atoms with E-state index in [1.807, 2.05) is 13.0 Å². The highest BCUT2D eigenvalue weighted by molar-refractivity contribution is 5.76. The van der Waals surface area contributed by atoms with Crippen molar-refractivity contribution in [1.29, 1.82) is 0 Å². The van der Waals surface area contributed by atoms with Gasteiger partial charge in [-0.05, 0) is 42.9 Å². The fraction of sp³-hybridized carbons (Fsp3) is 0.611. The van der Waals surface area contributed by atoms with E-state index in [1.165, 1.54) is 12.1 Å². The Morgan fingerprint density at radius 3 is 2.96 bits per heavy atom. The van der Waals surface area contributed by atoms with Crippen LogP contribution in [0.3, 0.4) is 0 Å². The van der Waals surface area contributed by atoms with Crippen LogP contribution in [0.2, 0.25) is 0 Å². The Hall–Kier alpha value is -1.46. The van der Waals surface area contributed by atoms with Crippen LogP contribution in [-0.2, 0) is 20.7 Å².